The standard InChI is InChI=1S/C13H23NO3/c1-5-13(17)14(11(4)15)9-7-6-8-12(16)10(2)3/h10H,5-9H2,1-4H3. The van der Waals surface area contributed by atoms with Gasteiger partial charge < -0.3 is 0 Å². The van der Waals surface area contributed by atoms with Crippen LogP contribution in [0.3, 0.4) is 0 Å². The summed E-state index contributed by atoms with van der Waals surface area (Å²) in [5.74, 6) is -0.0582. The van der Waals surface area contributed by atoms with Crippen LogP contribution in [0.4, 0.5) is 0 Å². The molecular weight excluding hydrogens is 218 g/mol. The molecule has 4 heteroatoms. The molecule has 0 rings (SSSR count). The minimum atomic E-state index is -0.216. The topological polar surface area (TPSA) is 54.5 Å². The van der Waals surface area contributed by atoms with Crippen molar-refractivity contribution in [1.82, 2.24) is 4.90 Å². The molecule has 0 radical (unpaired) electrons. The normalized spacial score (nSPS) is 10.4. The van der Waals surface area contributed by atoms with Crippen molar-refractivity contribution in [1.29, 1.82) is 0 Å². The average molecular weight is 241 g/mol. The largest absolute Gasteiger partial charge is 0.299 e. The van der Waals surface area contributed by atoms with E-state index in [1.165, 1.54) is 11.8 Å². The first kappa shape index (κ1) is 15.8. The van der Waals surface area contributed by atoms with Crippen LogP contribution < -0.4 is 0 Å². The molecular formula is C13H23NO3. The molecule has 0 N–H and O–H groups in total. The lowest BCUT2D eigenvalue weighted by Gasteiger charge is -2.18. The summed E-state index contributed by atoms with van der Waals surface area (Å²) in [4.78, 5) is 35.3. The van der Waals surface area contributed by atoms with Crippen molar-refractivity contribution in [2.45, 2.75) is 53.4 Å². The van der Waals surface area contributed by atoms with Gasteiger partial charge in [-0.3, -0.25) is 19.3 Å². The van der Waals surface area contributed by atoms with E-state index in [9.17, 15) is 14.4 Å². The summed E-state index contributed by atoms with van der Waals surface area (Å²) in [7, 11) is 0. The molecule has 0 saturated heterocycles. The lowest BCUT2D eigenvalue weighted by molar-refractivity contribution is -0.143. The predicted molar refractivity (Wildman–Crippen MR) is 66.4 cm³/mol. The summed E-state index contributed by atoms with van der Waals surface area (Å²) < 4.78 is 0. The third kappa shape index (κ3) is 6.19. The van der Waals surface area contributed by atoms with Gasteiger partial charge in [0.15, 0.2) is 0 Å². The predicted octanol–water partition coefficient (Wildman–Crippen LogP) is 2.17. The van der Waals surface area contributed by atoms with Gasteiger partial charge >= 0.3 is 0 Å². The number of carbonyl (C=O) groups excluding carboxylic acids is 3. The van der Waals surface area contributed by atoms with Gasteiger partial charge in [0.1, 0.15) is 5.78 Å². The van der Waals surface area contributed by atoms with Gasteiger partial charge in [-0.2, -0.15) is 0 Å². The summed E-state index contributed by atoms with van der Waals surface area (Å²) in [6, 6.07) is 0. The molecule has 0 aromatic carbocycles. The van der Waals surface area contributed by atoms with E-state index in [0.29, 0.717) is 25.8 Å². The molecule has 0 fully saturated rings. The zero-order chi connectivity index (χ0) is 13.4. The second-order valence-electron chi connectivity index (χ2n) is 4.50. The van der Waals surface area contributed by atoms with E-state index < -0.39 is 0 Å². The number of imide groups is 1. The van der Waals surface area contributed by atoms with Crippen molar-refractivity contribution in [3.05, 3.63) is 0 Å². The third-order valence-corrected chi connectivity index (χ3v) is 2.68. The SMILES string of the molecule is CCC(=O)N(CCCCC(=O)C(C)C)C(C)=O. The van der Waals surface area contributed by atoms with Gasteiger partial charge in [0, 0.05) is 32.2 Å². The summed E-state index contributed by atoms with van der Waals surface area (Å²) in [6.45, 7) is 7.32. The molecule has 98 valence electrons. The van der Waals surface area contributed by atoms with Crippen molar-refractivity contribution in [3.8, 4) is 0 Å². The molecule has 0 spiro atoms. The molecule has 0 aromatic heterocycles. The van der Waals surface area contributed by atoms with E-state index in [1.807, 2.05) is 13.8 Å². The van der Waals surface area contributed by atoms with Crippen molar-refractivity contribution in [2.75, 3.05) is 6.54 Å². The van der Waals surface area contributed by atoms with Crippen LogP contribution in [0.15, 0.2) is 0 Å². The highest BCUT2D eigenvalue weighted by molar-refractivity contribution is 5.93. The van der Waals surface area contributed by atoms with Crippen LogP contribution in [0.2, 0.25) is 0 Å². The first-order valence-electron chi connectivity index (χ1n) is 6.23. The molecule has 0 aliphatic heterocycles. The Morgan fingerprint density at radius 2 is 1.71 bits per heavy atom. The van der Waals surface area contributed by atoms with Crippen molar-refractivity contribution >= 4 is 17.6 Å². The maximum absolute atomic E-state index is 11.4. The molecule has 0 aromatic rings. The molecule has 0 aliphatic carbocycles. The number of hydrogen-bond acceptors (Lipinski definition) is 3. The lowest BCUT2D eigenvalue weighted by Crippen LogP contribution is -2.35. The number of Topliss-reactive ketones (excluding diaryl/α,β-unsaturated/α-hetero) is 1. The Morgan fingerprint density at radius 1 is 1.12 bits per heavy atom. The van der Waals surface area contributed by atoms with E-state index in [4.69, 9.17) is 0 Å². The van der Waals surface area contributed by atoms with E-state index in [1.54, 1.807) is 6.92 Å². The Bertz CT molecular complexity index is 284. The monoisotopic (exact) mass is 241 g/mol. The minimum Gasteiger partial charge on any atom is -0.299 e. The molecule has 17 heavy (non-hydrogen) atoms. The fraction of sp³-hybridized carbons (Fsp3) is 0.769. The van der Waals surface area contributed by atoms with Crippen LogP contribution >= 0.6 is 0 Å². The van der Waals surface area contributed by atoms with Gasteiger partial charge in [0.2, 0.25) is 11.8 Å². The molecule has 0 unspecified atom stereocenters. The highest BCUT2D eigenvalue weighted by atomic mass is 16.2. The van der Waals surface area contributed by atoms with Gasteiger partial charge in [0.25, 0.3) is 0 Å². The van der Waals surface area contributed by atoms with Gasteiger partial charge in [-0.05, 0) is 12.8 Å². The van der Waals surface area contributed by atoms with Crippen LogP contribution in [0.1, 0.15) is 53.4 Å². The number of amides is 2. The molecule has 4 nitrogen and oxygen atoms in total. The fourth-order valence-corrected chi connectivity index (χ4v) is 1.51. The zero-order valence-electron chi connectivity index (χ0n) is 11.3. The maximum atomic E-state index is 11.4. The maximum Gasteiger partial charge on any atom is 0.228 e. The number of hydrogen-bond donors (Lipinski definition) is 0. The van der Waals surface area contributed by atoms with Gasteiger partial charge in [-0.15, -0.1) is 0 Å². The van der Waals surface area contributed by atoms with Gasteiger partial charge in [-0.1, -0.05) is 20.8 Å². The lowest BCUT2D eigenvalue weighted by atomic mass is 10.0. The van der Waals surface area contributed by atoms with Gasteiger partial charge in [0.05, 0.1) is 0 Å². The average Bonchev–Trinajstić information content (AvgIpc) is 2.27. The quantitative estimate of drug-likeness (QED) is 0.642. The fourth-order valence-electron chi connectivity index (χ4n) is 1.51. The van der Waals surface area contributed by atoms with Gasteiger partial charge in [-0.25, -0.2) is 0 Å². The second kappa shape index (κ2) is 7.98. The molecule has 0 atom stereocenters. The summed E-state index contributed by atoms with van der Waals surface area (Å²) in [5.41, 5.74) is 0. The number of nitrogens with zero attached hydrogens (tertiary/aromatic N) is 1. The van der Waals surface area contributed by atoms with E-state index in [-0.39, 0.29) is 23.5 Å². The molecule has 2 amide bonds. The van der Waals surface area contributed by atoms with Crippen LogP contribution in [0.25, 0.3) is 0 Å². The van der Waals surface area contributed by atoms with Crippen molar-refractivity contribution < 1.29 is 14.4 Å². The van der Waals surface area contributed by atoms with E-state index in [0.717, 1.165) is 6.42 Å². The molecule has 0 saturated carbocycles. The number of unbranched alkanes of at least 4 members (excludes halogenated alkanes) is 1. The minimum absolute atomic E-state index is 0.0659. The number of rotatable bonds is 7. The molecule has 0 aliphatic rings. The Labute approximate surface area is 103 Å². The molecule has 0 heterocycles. The van der Waals surface area contributed by atoms with Crippen LogP contribution in [-0.2, 0) is 14.4 Å². The van der Waals surface area contributed by atoms with E-state index in [2.05, 4.69) is 0 Å². The Hall–Kier alpha value is -1.19. The van der Waals surface area contributed by atoms with Crippen molar-refractivity contribution in [3.63, 3.8) is 0 Å². The third-order valence-electron chi connectivity index (χ3n) is 2.68. The summed E-state index contributed by atoms with van der Waals surface area (Å²) >= 11 is 0. The zero-order valence-corrected chi connectivity index (χ0v) is 11.3. The number of carbonyl (C=O) groups is 3. The highest BCUT2D eigenvalue weighted by Crippen LogP contribution is 2.06. The van der Waals surface area contributed by atoms with Crippen molar-refractivity contribution in [2.24, 2.45) is 5.92 Å². The first-order chi connectivity index (χ1) is 7.90. The van der Waals surface area contributed by atoms with Crippen LogP contribution in [0.5, 0.6) is 0 Å². The Balaban J connectivity index is 3.96. The second-order valence-corrected chi connectivity index (χ2v) is 4.50. The first-order valence-corrected chi connectivity index (χ1v) is 6.23. The Morgan fingerprint density at radius 3 is 2.12 bits per heavy atom. The Kier molecular flexibility index (Phi) is 7.42. The smallest absolute Gasteiger partial charge is 0.228 e. The van der Waals surface area contributed by atoms with E-state index >= 15 is 0 Å². The molecule has 0 bridgehead atoms. The number of ketones is 1. The summed E-state index contributed by atoms with van der Waals surface area (Å²) in [5, 5.41) is 0. The van der Waals surface area contributed by atoms with Crippen LogP contribution in [-0.4, -0.2) is 29.0 Å². The highest BCUT2D eigenvalue weighted by Gasteiger charge is 2.15. The van der Waals surface area contributed by atoms with Crippen LogP contribution in [0, 0.1) is 5.92 Å². The summed E-state index contributed by atoms with van der Waals surface area (Å²) in [6.07, 6.45) is 2.30.